The summed E-state index contributed by atoms with van der Waals surface area (Å²) >= 11 is 3.43. The molecule has 0 fully saturated rings. The quantitative estimate of drug-likeness (QED) is 0.924. The Balaban J connectivity index is 2.26. The third-order valence-electron chi connectivity index (χ3n) is 3.50. The number of rotatable bonds is 2. The molecule has 3 rings (SSSR count). The van der Waals surface area contributed by atoms with Crippen molar-refractivity contribution in [1.82, 2.24) is 9.78 Å². The molecule has 19 heavy (non-hydrogen) atoms. The molecular weight excluding hydrogens is 308 g/mol. The maximum Gasteiger partial charge on any atom is 0.357 e. The van der Waals surface area contributed by atoms with E-state index < -0.39 is 5.97 Å². The van der Waals surface area contributed by atoms with Crippen LogP contribution in [0.25, 0.3) is 11.1 Å². The second-order valence-electron chi connectivity index (χ2n) is 4.76. The first-order chi connectivity index (χ1) is 9.08. The zero-order chi connectivity index (χ0) is 13.6. The molecule has 2 aromatic rings. The Hall–Kier alpha value is -1.62. The van der Waals surface area contributed by atoms with Crippen LogP contribution < -0.4 is 0 Å². The molecular formula is C14H13BrN2O2. The molecule has 0 atom stereocenters. The smallest absolute Gasteiger partial charge is 0.357 e. The molecule has 5 heteroatoms. The predicted molar refractivity (Wildman–Crippen MR) is 75.4 cm³/mol. The number of hydrogen-bond donors (Lipinski definition) is 1. The lowest BCUT2D eigenvalue weighted by atomic mass is 9.97. The van der Waals surface area contributed by atoms with E-state index in [9.17, 15) is 9.90 Å². The monoisotopic (exact) mass is 320 g/mol. The summed E-state index contributed by atoms with van der Waals surface area (Å²) in [6.45, 7) is 2.80. The Bertz CT molecular complexity index is 676. The van der Waals surface area contributed by atoms with Gasteiger partial charge in [0.1, 0.15) is 0 Å². The van der Waals surface area contributed by atoms with Crippen LogP contribution in [0.1, 0.15) is 28.2 Å². The minimum Gasteiger partial charge on any atom is -0.476 e. The van der Waals surface area contributed by atoms with Crippen LogP contribution in [0.3, 0.4) is 0 Å². The number of carboxylic acid groups (broad SMARTS) is 1. The van der Waals surface area contributed by atoms with E-state index in [1.165, 1.54) is 0 Å². The number of carbonyl (C=O) groups is 1. The van der Waals surface area contributed by atoms with Gasteiger partial charge in [-0.1, -0.05) is 22.0 Å². The van der Waals surface area contributed by atoms with Gasteiger partial charge in [0, 0.05) is 22.3 Å². The van der Waals surface area contributed by atoms with E-state index in [0.29, 0.717) is 0 Å². The number of halogens is 1. The lowest BCUT2D eigenvalue weighted by molar-refractivity contribution is 0.0690. The van der Waals surface area contributed by atoms with Crippen molar-refractivity contribution in [2.45, 2.75) is 26.3 Å². The molecule has 98 valence electrons. The Morgan fingerprint density at radius 3 is 2.95 bits per heavy atom. The number of fused-ring (bicyclic) bond motifs is 1. The molecule has 0 aliphatic carbocycles. The standard InChI is InChI=1S/C14H13BrN2O2/c1-8-7-9(15)4-5-10(8)12-11-3-2-6-17(11)16-13(12)14(18)19/h4-5,7H,2-3,6H2,1H3,(H,18,19). The van der Waals surface area contributed by atoms with Gasteiger partial charge in [-0.05, 0) is 43.0 Å². The molecule has 1 N–H and O–H groups in total. The van der Waals surface area contributed by atoms with Crippen molar-refractivity contribution in [3.63, 3.8) is 0 Å². The highest BCUT2D eigenvalue weighted by molar-refractivity contribution is 9.10. The molecule has 0 amide bonds. The van der Waals surface area contributed by atoms with Crippen molar-refractivity contribution in [1.29, 1.82) is 0 Å². The Morgan fingerprint density at radius 1 is 1.47 bits per heavy atom. The fourth-order valence-corrected chi connectivity index (χ4v) is 3.15. The number of hydrogen-bond acceptors (Lipinski definition) is 2. The van der Waals surface area contributed by atoms with Crippen molar-refractivity contribution in [3.05, 3.63) is 39.6 Å². The number of aromatic nitrogens is 2. The first kappa shape index (κ1) is 12.4. The van der Waals surface area contributed by atoms with Crippen LogP contribution in [-0.2, 0) is 13.0 Å². The fraction of sp³-hybridized carbons (Fsp3) is 0.286. The van der Waals surface area contributed by atoms with Gasteiger partial charge in [-0.25, -0.2) is 4.79 Å². The predicted octanol–water partition coefficient (Wildman–Crippen LogP) is 3.27. The van der Waals surface area contributed by atoms with Crippen LogP contribution in [0.15, 0.2) is 22.7 Å². The number of aryl methyl sites for hydroxylation is 2. The highest BCUT2D eigenvalue weighted by Gasteiger charge is 2.27. The van der Waals surface area contributed by atoms with Crippen LogP contribution in [0, 0.1) is 6.92 Å². The van der Waals surface area contributed by atoms with Crippen LogP contribution in [0.2, 0.25) is 0 Å². The van der Waals surface area contributed by atoms with Crippen molar-refractivity contribution in [3.8, 4) is 11.1 Å². The van der Waals surface area contributed by atoms with E-state index in [-0.39, 0.29) is 5.69 Å². The largest absolute Gasteiger partial charge is 0.476 e. The SMILES string of the molecule is Cc1cc(Br)ccc1-c1c(C(=O)O)nn2c1CCC2. The summed E-state index contributed by atoms with van der Waals surface area (Å²) in [7, 11) is 0. The van der Waals surface area contributed by atoms with Crippen LogP contribution >= 0.6 is 15.9 Å². The third kappa shape index (κ3) is 1.98. The van der Waals surface area contributed by atoms with E-state index >= 15 is 0 Å². The molecule has 0 spiro atoms. The summed E-state index contributed by atoms with van der Waals surface area (Å²) in [5.41, 5.74) is 4.02. The molecule has 2 heterocycles. The third-order valence-corrected chi connectivity index (χ3v) is 3.99. The molecule has 1 aliphatic heterocycles. The first-order valence-corrected chi connectivity index (χ1v) is 6.96. The average Bonchev–Trinajstić information content (AvgIpc) is 2.89. The highest BCUT2D eigenvalue weighted by atomic mass is 79.9. The van der Waals surface area contributed by atoms with E-state index in [0.717, 1.165) is 46.2 Å². The zero-order valence-corrected chi connectivity index (χ0v) is 12.1. The number of aromatic carboxylic acids is 1. The van der Waals surface area contributed by atoms with Gasteiger partial charge in [0.15, 0.2) is 5.69 Å². The Morgan fingerprint density at radius 2 is 2.26 bits per heavy atom. The normalized spacial score (nSPS) is 13.6. The summed E-state index contributed by atoms with van der Waals surface area (Å²) in [4.78, 5) is 11.4. The first-order valence-electron chi connectivity index (χ1n) is 6.17. The number of carboxylic acids is 1. The topological polar surface area (TPSA) is 55.1 Å². The maximum atomic E-state index is 11.4. The van der Waals surface area contributed by atoms with E-state index in [1.807, 2.05) is 29.8 Å². The number of nitrogens with zero attached hydrogens (tertiary/aromatic N) is 2. The molecule has 1 aromatic carbocycles. The number of benzene rings is 1. The zero-order valence-electron chi connectivity index (χ0n) is 10.5. The molecule has 0 saturated carbocycles. The summed E-state index contributed by atoms with van der Waals surface area (Å²) in [5, 5.41) is 13.6. The molecule has 1 aromatic heterocycles. The highest BCUT2D eigenvalue weighted by Crippen LogP contribution is 2.34. The molecule has 1 aliphatic rings. The second kappa shape index (κ2) is 4.49. The van der Waals surface area contributed by atoms with Gasteiger partial charge in [-0.15, -0.1) is 0 Å². The molecule has 0 unspecified atom stereocenters. The van der Waals surface area contributed by atoms with Crippen molar-refractivity contribution < 1.29 is 9.90 Å². The minimum atomic E-state index is -0.959. The van der Waals surface area contributed by atoms with Crippen molar-refractivity contribution in [2.24, 2.45) is 0 Å². The van der Waals surface area contributed by atoms with Crippen molar-refractivity contribution in [2.75, 3.05) is 0 Å². The minimum absolute atomic E-state index is 0.167. The average molecular weight is 321 g/mol. The van der Waals surface area contributed by atoms with Crippen LogP contribution in [0.5, 0.6) is 0 Å². The van der Waals surface area contributed by atoms with Crippen LogP contribution in [-0.4, -0.2) is 20.9 Å². The van der Waals surface area contributed by atoms with Gasteiger partial charge in [0.25, 0.3) is 0 Å². The fourth-order valence-electron chi connectivity index (χ4n) is 2.67. The Labute approximate surface area is 119 Å². The van der Waals surface area contributed by atoms with Crippen molar-refractivity contribution >= 4 is 21.9 Å². The summed E-state index contributed by atoms with van der Waals surface area (Å²) in [6, 6.07) is 5.90. The summed E-state index contributed by atoms with van der Waals surface area (Å²) < 4.78 is 2.83. The van der Waals surface area contributed by atoms with Gasteiger partial charge in [-0.2, -0.15) is 5.10 Å². The molecule has 0 saturated heterocycles. The summed E-state index contributed by atoms with van der Waals surface area (Å²) in [5.74, 6) is -0.959. The van der Waals surface area contributed by atoms with Gasteiger partial charge in [0.05, 0.1) is 0 Å². The maximum absolute atomic E-state index is 11.4. The summed E-state index contributed by atoms with van der Waals surface area (Å²) in [6.07, 6.45) is 1.93. The Kier molecular flexibility index (Phi) is 2.93. The molecule has 0 bridgehead atoms. The van der Waals surface area contributed by atoms with E-state index in [2.05, 4.69) is 21.0 Å². The lowest BCUT2D eigenvalue weighted by Gasteiger charge is -2.07. The lowest BCUT2D eigenvalue weighted by Crippen LogP contribution is -2.02. The molecule has 0 radical (unpaired) electrons. The second-order valence-corrected chi connectivity index (χ2v) is 5.68. The van der Waals surface area contributed by atoms with Gasteiger partial charge < -0.3 is 5.11 Å². The van der Waals surface area contributed by atoms with Gasteiger partial charge >= 0.3 is 5.97 Å². The van der Waals surface area contributed by atoms with Crippen LogP contribution in [0.4, 0.5) is 0 Å². The van der Waals surface area contributed by atoms with Gasteiger partial charge in [-0.3, -0.25) is 4.68 Å². The molecule has 4 nitrogen and oxygen atoms in total. The van der Waals surface area contributed by atoms with E-state index in [4.69, 9.17) is 0 Å². The van der Waals surface area contributed by atoms with E-state index in [1.54, 1.807) is 0 Å². The van der Waals surface area contributed by atoms with Gasteiger partial charge in [0.2, 0.25) is 0 Å².